The predicted molar refractivity (Wildman–Crippen MR) is 194 cm³/mol. The van der Waals surface area contributed by atoms with Crippen LogP contribution in [0.2, 0.25) is 0 Å². The van der Waals surface area contributed by atoms with Gasteiger partial charge in [0.15, 0.2) is 0 Å². The topological polar surface area (TPSA) is 152 Å². The van der Waals surface area contributed by atoms with E-state index in [4.69, 9.17) is 0 Å². The maximum atomic E-state index is 9.22. The predicted octanol–water partition coefficient (Wildman–Crippen LogP) is 6.44. The number of aliphatic hydroxyl groups is 4. The van der Waals surface area contributed by atoms with Crippen LogP contribution in [-0.4, -0.2) is 84.0 Å². The van der Waals surface area contributed by atoms with E-state index in [0.717, 1.165) is 22.3 Å². The summed E-state index contributed by atoms with van der Waals surface area (Å²) < 4.78 is 7.11. The summed E-state index contributed by atoms with van der Waals surface area (Å²) in [6, 6.07) is 0.236. The number of nitrogens with zero attached hydrogens (tertiary/aromatic N) is 8. The summed E-state index contributed by atoms with van der Waals surface area (Å²) in [4.78, 5) is 0. The second-order valence-electron chi connectivity index (χ2n) is 11.9. The fraction of sp³-hybridized carbons (Fsp3) is 0.657. The lowest BCUT2D eigenvalue weighted by atomic mass is 10.2. The van der Waals surface area contributed by atoms with Gasteiger partial charge in [0.1, 0.15) is 0 Å². The maximum absolute atomic E-state index is 9.22. The molecule has 0 aromatic carbocycles. The molecule has 0 aliphatic carbocycles. The van der Waals surface area contributed by atoms with Crippen molar-refractivity contribution in [3.05, 3.63) is 71.8 Å². The van der Waals surface area contributed by atoms with Crippen LogP contribution >= 0.6 is 0 Å². The maximum Gasteiger partial charge on any atom is 0.0747 e. The fourth-order valence-electron chi connectivity index (χ4n) is 3.51. The van der Waals surface area contributed by atoms with E-state index < -0.39 is 0 Å². The third kappa shape index (κ3) is 16.9. The van der Waals surface area contributed by atoms with Crippen LogP contribution in [0.5, 0.6) is 0 Å². The van der Waals surface area contributed by atoms with Gasteiger partial charge >= 0.3 is 0 Å². The molecule has 4 aromatic rings. The number of hydrogen-bond acceptors (Lipinski definition) is 8. The Bertz CT molecular complexity index is 1120. The average Bonchev–Trinajstić information content (AvgIpc) is 3.77. The van der Waals surface area contributed by atoms with Gasteiger partial charge < -0.3 is 20.4 Å². The van der Waals surface area contributed by atoms with Crippen molar-refractivity contribution >= 4 is 0 Å². The largest absolute Gasteiger partial charge is 0.391 e. The van der Waals surface area contributed by atoms with Crippen LogP contribution in [-0.2, 0) is 0 Å². The second-order valence-corrected chi connectivity index (χ2v) is 11.9. The van der Waals surface area contributed by atoms with Crippen molar-refractivity contribution in [2.45, 2.75) is 154 Å². The second kappa shape index (κ2) is 23.1. The van der Waals surface area contributed by atoms with E-state index in [1.165, 1.54) is 0 Å². The molecule has 0 aliphatic rings. The van der Waals surface area contributed by atoms with Gasteiger partial charge in [0.05, 0.1) is 73.4 Å². The van der Waals surface area contributed by atoms with Crippen LogP contribution in [0.1, 0.15) is 124 Å². The van der Waals surface area contributed by atoms with Crippen LogP contribution in [0.4, 0.5) is 0 Å². The van der Waals surface area contributed by atoms with Gasteiger partial charge in [0, 0.05) is 24.8 Å². The minimum absolute atomic E-state index is 0. The van der Waals surface area contributed by atoms with E-state index in [1.807, 2.05) is 80.2 Å². The quantitative estimate of drug-likeness (QED) is 0.168. The zero-order chi connectivity index (χ0) is 33.7. The lowest BCUT2D eigenvalue weighted by Crippen LogP contribution is -2.18. The van der Waals surface area contributed by atoms with Gasteiger partial charge in [-0.05, 0) is 105 Å². The van der Waals surface area contributed by atoms with Crippen molar-refractivity contribution in [2.24, 2.45) is 0 Å². The highest BCUT2D eigenvalue weighted by Gasteiger charge is 2.13. The van der Waals surface area contributed by atoms with Crippen molar-refractivity contribution in [3.8, 4) is 0 Å². The van der Waals surface area contributed by atoms with Crippen molar-refractivity contribution in [1.29, 1.82) is 0 Å². The molecule has 12 nitrogen and oxygen atoms in total. The lowest BCUT2D eigenvalue weighted by Gasteiger charge is -2.14. The highest BCUT2D eigenvalue weighted by molar-refractivity contribution is 5.02. The van der Waals surface area contributed by atoms with Crippen LogP contribution in [0, 0.1) is 27.7 Å². The molecule has 8 atom stereocenters. The van der Waals surface area contributed by atoms with E-state index >= 15 is 0 Å². The van der Waals surface area contributed by atoms with Gasteiger partial charge in [-0.25, -0.2) is 0 Å². The fourth-order valence-corrected chi connectivity index (χ4v) is 3.51. The van der Waals surface area contributed by atoms with Gasteiger partial charge in [-0.15, -0.1) is 0 Å². The minimum Gasteiger partial charge on any atom is -0.391 e. The molecule has 0 saturated heterocycles. The number of aryl methyl sites for hydroxylation is 4. The summed E-state index contributed by atoms with van der Waals surface area (Å²) in [5.74, 6) is 0. The van der Waals surface area contributed by atoms with Crippen molar-refractivity contribution in [1.82, 2.24) is 39.1 Å². The van der Waals surface area contributed by atoms with Crippen molar-refractivity contribution < 1.29 is 20.4 Å². The van der Waals surface area contributed by atoms with Crippen LogP contribution in [0.3, 0.4) is 0 Å². The van der Waals surface area contributed by atoms with Crippen LogP contribution < -0.4 is 0 Å². The number of hydrogen-bond donors (Lipinski definition) is 4. The van der Waals surface area contributed by atoms with Gasteiger partial charge in [-0.2, -0.15) is 20.4 Å². The first kappa shape index (κ1) is 48.1. The standard InChI is InChI=1S/4C8H14N2O.3CH4/c4*1-6-4-9-10(5-6)7(2)8(3)11;;;/h4*4-5,7-8,11H,1-3H3;3*1H4/t2*7-,8+;2*7-,8-;;;/m1010.../s1. The molecule has 0 aliphatic heterocycles. The third-order valence-electron chi connectivity index (χ3n) is 7.38. The Hall–Kier alpha value is -3.32. The number of aliphatic hydroxyl groups excluding tert-OH is 4. The SMILES string of the molecule is C.C.C.Cc1cnn([C@@H](C)[C@@H](C)O)c1.Cc1cnn([C@@H](C)[C@H](C)O)c1.Cc1cnn([C@H](C)[C@@H](C)O)c1.Cc1cnn([C@H](C)[C@H](C)O)c1. The van der Waals surface area contributed by atoms with E-state index in [-0.39, 0.29) is 70.9 Å². The van der Waals surface area contributed by atoms with Gasteiger partial charge in [-0.1, -0.05) is 22.3 Å². The van der Waals surface area contributed by atoms with E-state index in [0.29, 0.717) is 0 Å². The average molecular weight is 665 g/mol. The molecule has 47 heavy (non-hydrogen) atoms. The first-order chi connectivity index (χ1) is 20.4. The molecule has 0 unspecified atom stereocenters. The molecular weight excluding hydrogens is 596 g/mol. The van der Waals surface area contributed by atoms with Crippen molar-refractivity contribution in [2.75, 3.05) is 0 Å². The highest BCUT2D eigenvalue weighted by Crippen LogP contribution is 2.12. The van der Waals surface area contributed by atoms with Gasteiger partial charge in [-0.3, -0.25) is 18.7 Å². The molecule has 4 N–H and O–H groups in total. The molecule has 272 valence electrons. The molecule has 0 bridgehead atoms. The smallest absolute Gasteiger partial charge is 0.0747 e. The lowest BCUT2D eigenvalue weighted by molar-refractivity contribution is 0.132. The number of rotatable bonds is 8. The molecule has 4 heterocycles. The molecule has 0 amide bonds. The van der Waals surface area contributed by atoms with Gasteiger partial charge in [0.25, 0.3) is 0 Å². The summed E-state index contributed by atoms with van der Waals surface area (Å²) in [5.41, 5.74) is 4.49. The summed E-state index contributed by atoms with van der Waals surface area (Å²) >= 11 is 0. The molecule has 0 fully saturated rings. The first-order valence-corrected chi connectivity index (χ1v) is 15.2. The van der Waals surface area contributed by atoms with E-state index in [1.54, 1.807) is 71.2 Å². The van der Waals surface area contributed by atoms with Gasteiger partial charge in [0.2, 0.25) is 0 Å². The molecule has 12 heteroatoms. The summed E-state index contributed by atoms with van der Waals surface area (Å²) in [6.45, 7) is 22.8. The highest BCUT2D eigenvalue weighted by atomic mass is 16.3. The summed E-state index contributed by atoms with van der Waals surface area (Å²) in [6.07, 6.45) is 13.5. The normalized spacial score (nSPS) is 15.3. The zero-order valence-corrected chi connectivity index (χ0v) is 28.6. The first-order valence-electron chi connectivity index (χ1n) is 15.2. The third-order valence-corrected chi connectivity index (χ3v) is 7.38. The monoisotopic (exact) mass is 665 g/mol. The van der Waals surface area contributed by atoms with E-state index in [2.05, 4.69) is 20.4 Å². The minimum atomic E-state index is -0.353. The Kier molecular flexibility index (Phi) is 23.6. The Balaban J connectivity index is -0.000000538. The van der Waals surface area contributed by atoms with E-state index in [9.17, 15) is 20.4 Å². The molecule has 0 spiro atoms. The Morgan fingerprint density at radius 1 is 0.383 bits per heavy atom. The summed E-state index contributed by atoms with van der Waals surface area (Å²) in [7, 11) is 0. The van der Waals surface area contributed by atoms with Crippen LogP contribution in [0.15, 0.2) is 49.6 Å². The van der Waals surface area contributed by atoms with Crippen molar-refractivity contribution in [3.63, 3.8) is 0 Å². The zero-order valence-electron chi connectivity index (χ0n) is 28.6. The Labute approximate surface area is 285 Å². The molecule has 0 saturated carbocycles. The Morgan fingerprint density at radius 2 is 0.532 bits per heavy atom. The number of aromatic nitrogens is 8. The molecule has 0 radical (unpaired) electrons. The summed E-state index contributed by atoms with van der Waals surface area (Å²) in [5, 5.41) is 53.3. The molecular formula is C35H68N8O4. The molecule has 4 aromatic heterocycles. The molecule has 4 rings (SSSR count). The Morgan fingerprint density at radius 3 is 0.617 bits per heavy atom. The van der Waals surface area contributed by atoms with Crippen LogP contribution in [0.25, 0.3) is 0 Å².